The smallest absolute Gasteiger partial charge is 0.250 e. The van der Waals surface area contributed by atoms with Crippen molar-refractivity contribution in [3.63, 3.8) is 0 Å². The summed E-state index contributed by atoms with van der Waals surface area (Å²) in [5, 5.41) is 3.60. The summed E-state index contributed by atoms with van der Waals surface area (Å²) < 4.78 is 0. The van der Waals surface area contributed by atoms with E-state index in [0.29, 0.717) is 5.92 Å². The van der Waals surface area contributed by atoms with Gasteiger partial charge in [0.25, 0.3) is 0 Å². The molecule has 0 saturated carbocycles. The molecule has 1 aliphatic rings. The maximum atomic E-state index is 12.0. The van der Waals surface area contributed by atoms with Crippen LogP contribution < -0.4 is 5.32 Å². The number of amides is 1. The van der Waals surface area contributed by atoms with E-state index in [-0.39, 0.29) is 5.91 Å². The number of benzene rings is 1. The number of nitrogens with zero attached hydrogens (tertiary/aromatic N) is 1. The summed E-state index contributed by atoms with van der Waals surface area (Å²) in [6, 6.07) is 8.30. The van der Waals surface area contributed by atoms with Crippen molar-refractivity contribution in [1.82, 2.24) is 4.98 Å². The van der Waals surface area contributed by atoms with Crippen LogP contribution in [-0.2, 0) is 17.6 Å². The van der Waals surface area contributed by atoms with Gasteiger partial charge in [0.05, 0.1) is 5.69 Å². The Hall–Kier alpha value is -1.94. The van der Waals surface area contributed by atoms with Gasteiger partial charge < -0.3 is 0 Å². The lowest BCUT2D eigenvalue weighted by atomic mass is 10.0. The minimum Gasteiger partial charge on any atom is -0.298 e. The number of carbonyl (C=O) groups excluding carboxylic acids is 1. The van der Waals surface area contributed by atoms with Gasteiger partial charge in [0.2, 0.25) is 5.91 Å². The highest BCUT2D eigenvalue weighted by Gasteiger charge is 2.15. The van der Waals surface area contributed by atoms with Crippen LogP contribution in [0, 0.1) is 0 Å². The fraction of sp³-hybridized carbons (Fsp3) is 0.368. The summed E-state index contributed by atoms with van der Waals surface area (Å²) in [5.74, 6) is 0.399. The molecule has 2 aromatic rings. The van der Waals surface area contributed by atoms with Crippen molar-refractivity contribution < 1.29 is 4.79 Å². The van der Waals surface area contributed by atoms with Crippen molar-refractivity contribution in [2.24, 2.45) is 0 Å². The van der Waals surface area contributed by atoms with E-state index in [1.54, 1.807) is 17.4 Å². The van der Waals surface area contributed by atoms with Gasteiger partial charge in [-0.3, -0.25) is 10.1 Å². The van der Waals surface area contributed by atoms with Gasteiger partial charge in [0.15, 0.2) is 5.13 Å². The molecule has 0 fully saturated rings. The predicted molar refractivity (Wildman–Crippen MR) is 97.0 cm³/mol. The number of nitrogens with one attached hydrogen (secondary N) is 1. The standard InChI is InChI=1S/C19H22N2OS/c1-13(2)15-10-7-14(8-11-15)9-12-18(22)21-19-20-16-5-3-4-6-17(16)23-19/h7-13H,3-6H2,1-2H3,(H,20,21,22). The van der Waals surface area contributed by atoms with Gasteiger partial charge in [-0.25, -0.2) is 4.98 Å². The molecule has 1 N–H and O–H groups in total. The molecule has 120 valence electrons. The van der Waals surface area contributed by atoms with Crippen LogP contribution in [0.1, 0.15) is 54.3 Å². The fourth-order valence-corrected chi connectivity index (χ4v) is 3.77. The molecule has 0 atom stereocenters. The molecule has 0 saturated heterocycles. The average molecular weight is 326 g/mol. The third-order valence-corrected chi connectivity index (χ3v) is 5.18. The first kappa shape index (κ1) is 15.9. The number of hydrogen-bond acceptors (Lipinski definition) is 3. The zero-order valence-corrected chi connectivity index (χ0v) is 14.5. The Labute approximate surface area is 141 Å². The molecular formula is C19H22N2OS. The highest BCUT2D eigenvalue weighted by molar-refractivity contribution is 7.15. The SMILES string of the molecule is CC(C)c1ccc(C=CC(=O)Nc2nc3c(s2)CCCC3)cc1. The first-order valence-corrected chi connectivity index (χ1v) is 9.01. The molecule has 0 unspecified atom stereocenters. The highest BCUT2D eigenvalue weighted by atomic mass is 32.1. The van der Waals surface area contributed by atoms with Crippen molar-refractivity contribution >= 4 is 28.5 Å². The Kier molecular flexibility index (Phi) is 4.91. The van der Waals surface area contributed by atoms with E-state index in [0.717, 1.165) is 23.5 Å². The van der Waals surface area contributed by atoms with Crippen molar-refractivity contribution in [3.05, 3.63) is 52.0 Å². The molecule has 1 heterocycles. The van der Waals surface area contributed by atoms with Gasteiger partial charge in [0.1, 0.15) is 0 Å². The molecule has 23 heavy (non-hydrogen) atoms. The minimum absolute atomic E-state index is 0.121. The average Bonchev–Trinajstić information content (AvgIpc) is 2.95. The zero-order valence-electron chi connectivity index (χ0n) is 13.6. The molecule has 0 spiro atoms. The Morgan fingerprint density at radius 1 is 1.22 bits per heavy atom. The van der Waals surface area contributed by atoms with E-state index in [4.69, 9.17) is 0 Å². The molecule has 1 aromatic carbocycles. The minimum atomic E-state index is -0.121. The lowest BCUT2D eigenvalue weighted by Crippen LogP contribution is -2.07. The second kappa shape index (κ2) is 7.09. The summed E-state index contributed by atoms with van der Waals surface area (Å²) in [4.78, 5) is 17.9. The van der Waals surface area contributed by atoms with E-state index in [1.807, 2.05) is 18.2 Å². The van der Waals surface area contributed by atoms with Crippen LogP contribution in [0.4, 0.5) is 5.13 Å². The highest BCUT2D eigenvalue weighted by Crippen LogP contribution is 2.29. The van der Waals surface area contributed by atoms with E-state index in [1.165, 1.54) is 29.0 Å². The first-order chi connectivity index (χ1) is 11.1. The van der Waals surface area contributed by atoms with Gasteiger partial charge in [-0.15, -0.1) is 11.3 Å². The number of carbonyl (C=O) groups is 1. The normalized spacial score (nSPS) is 14.2. The van der Waals surface area contributed by atoms with E-state index in [2.05, 4.69) is 36.3 Å². The quantitative estimate of drug-likeness (QED) is 0.820. The summed E-state index contributed by atoms with van der Waals surface area (Å²) in [5.41, 5.74) is 3.51. The van der Waals surface area contributed by atoms with Gasteiger partial charge in [-0.2, -0.15) is 0 Å². The Morgan fingerprint density at radius 2 is 1.96 bits per heavy atom. The van der Waals surface area contributed by atoms with Crippen LogP contribution in [0.15, 0.2) is 30.3 Å². The Morgan fingerprint density at radius 3 is 2.65 bits per heavy atom. The molecule has 0 aliphatic heterocycles. The van der Waals surface area contributed by atoms with Crippen molar-refractivity contribution in [1.29, 1.82) is 0 Å². The number of aryl methyl sites for hydroxylation is 2. The first-order valence-electron chi connectivity index (χ1n) is 8.19. The summed E-state index contributed by atoms with van der Waals surface area (Å²) in [7, 11) is 0. The maximum absolute atomic E-state index is 12.0. The second-order valence-electron chi connectivity index (χ2n) is 6.24. The van der Waals surface area contributed by atoms with Crippen LogP contribution >= 0.6 is 11.3 Å². The van der Waals surface area contributed by atoms with Crippen LogP contribution in [0.25, 0.3) is 6.08 Å². The van der Waals surface area contributed by atoms with Crippen LogP contribution in [0.2, 0.25) is 0 Å². The number of rotatable bonds is 4. The number of fused-ring (bicyclic) bond motifs is 1. The number of anilines is 1. The third-order valence-electron chi connectivity index (χ3n) is 4.11. The fourth-order valence-electron chi connectivity index (χ4n) is 2.72. The van der Waals surface area contributed by atoms with Crippen molar-refractivity contribution in [3.8, 4) is 0 Å². The molecule has 0 bridgehead atoms. The molecule has 1 aliphatic carbocycles. The molecular weight excluding hydrogens is 304 g/mol. The number of aromatic nitrogens is 1. The molecule has 4 heteroatoms. The van der Waals surface area contributed by atoms with Crippen LogP contribution in [0.3, 0.4) is 0 Å². The van der Waals surface area contributed by atoms with E-state index >= 15 is 0 Å². The van der Waals surface area contributed by atoms with Crippen molar-refractivity contribution in [2.45, 2.75) is 45.4 Å². The summed E-state index contributed by atoms with van der Waals surface area (Å²) >= 11 is 1.61. The molecule has 1 amide bonds. The monoisotopic (exact) mass is 326 g/mol. The van der Waals surface area contributed by atoms with E-state index in [9.17, 15) is 4.79 Å². The Bertz CT molecular complexity index is 690. The summed E-state index contributed by atoms with van der Waals surface area (Å²) in [6.07, 6.45) is 7.99. The van der Waals surface area contributed by atoms with Gasteiger partial charge in [-0.05, 0) is 48.8 Å². The second-order valence-corrected chi connectivity index (χ2v) is 7.32. The van der Waals surface area contributed by atoms with E-state index < -0.39 is 0 Å². The molecule has 1 aromatic heterocycles. The van der Waals surface area contributed by atoms with Gasteiger partial charge in [-0.1, -0.05) is 38.1 Å². The van der Waals surface area contributed by atoms with Gasteiger partial charge in [0, 0.05) is 11.0 Å². The number of thiazole rings is 1. The molecule has 3 rings (SSSR count). The third kappa shape index (κ3) is 4.08. The molecule has 3 nitrogen and oxygen atoms in total. The lowest BCUT2D eigenvalue weighted by molar-refractivity contribution is -0.111. The molecule has 0 radical (unpaired) electrons. The Balaban J connectivity index is 1.61. The largest absolute Gasteiger partial charge is 0.298 e. The summed E-state index contributed by atoms with van der Waals surface area (Å²) in [6.45, 7) is 4.35. The lowest BCUT2D eigenvalue weighted by Gasteiger charge is -2.06. The van der Waals surface area contributed by atoms with Gasteiger partial charge >= 0.3 is 0 Å². The van der Waals surface area contributed by atoms with Crippen molar-refractivity contribution in [2.75, 3.05) is 5.32 Å². The van der Waals surface area contributed by atoms with Crippen LogP contribution in [0.5, 0.6) is 0 Å². The maximum Gasteiger partial charge on any atom is 0.250 e. The van der Waals surface area contributed by atoms with Crippen LogP contribution in [-0.4, -0.2) is 10.9 Å². The number of hydrogen-bond donors (Lipinski definition) is 1. The predicted octanol–water partition coefficient (Wildman–Crippen LogP) is 4.80. The zero-order chi connectivity index (χ0) is 16.2. The topological polar surface area (TPSA) is 42.0 Å².